The lowest BCUT2D eigenvalue weighted by Crippen LogP contribution is -2.27. The van der Waals surface area contributed by atoms with Gasteiger partial charge >= 0.3 is 5.97 Å². The van der Waals surface area contributed by atoms with Gasteiger partial charge < -0.3 is 4.84 Å². The van der Waals surface area contributed by atoms with E-state index < -0.39 is 5.97 Å². The molecule has 0 rings (SSSR count). The normalized spacial score (nSPS) is 11.9. The van der Waals surface area contributed by atoms with E-state index in [9.17, 15) is 9.59 Å². The molecule has 0 aromatic rings. The molecule has 11 heavy (non-hydrogen) atoms. The topological polar surface area (TPSA) is 55.4 Å². The van der Waals surface area contributed by atoms with Gasteiger partial charge in [0, 0.05) is 6.92 Å². The summed E-state index contributed by atoms with van der Waals surface area (Å²) in [6.07, 6.45) is 0.707. The van der Waals surface area contributed by atoms with Crippen molar-refractivity contribution in [2.45, 2.75) is 27.2 Å². The Bertz CT molecular complexity index is 156. The molecule has 0 bridgehead atoms. The lowest BCUT2D eigenvalue weighted by Gasteiger charge is -2.06. The van der Waals surface area contributed by atoms with Crippen LogP contribution in [0.5, 0.6) is 0 Å². The van der Waals surface area contributed by atoms with Crippen molar-refractivity contribution in [1.82, 2.24) is 5.48 Å². The van der Waals surface area contributed by atoms with Crippen molar-refractivity contribution in [2.24, 2.45) is 5.92 Å². The third-order valence-corrected chi connectivity index (χ3v) is 1.31. The third-order valence-electron chi connectivity index (χ3n) is 1.31. The SMILES string of the molecule is CCC(C)C(=O)ONC(C)=O. The number of hydrogen-bond donors (Lipinski definition) is 1. The molecule has 0 heterocycles. The summed E-state index contributed by atoms with van der Waals surface area (Å²) in [7, 11) is 0. The van der Waals surface area contributed by atoms with Crippen LogP contribution in [0.4, 0.5) is 0 Å². The number of nitrogens with one attached hydrogen (secondary N) is 1. The molecule has 4 heteroatoms. The highest BCUT2D eigenvalue weighted by Crippen LogP contribution is 2.01. The Morgan fingerprint density at radius 3 is 2.45 bits per heavy atom. The van der Waals surface area contributed by atoms with Crippen LogP contribution in [0.15, 0.2) is 0 Å². The lowest BCUT2D eigenvalue weighted by atomic mass is 10.1. The van der Waals surface area contributed by atoms with Crippen LogP contribution in [-0.4, -0.2) is 11.9 Å². The summed E-state index contributed by atoms with van der Waals surface area (Å²) in [6.45, 7) is 4.90. The highest BCUT2D eigenvalue weighted by atomic mass is 16.7. The van der Waals surface area contributed by atoms with E-state index in [0.717, 1.165) is 0 Å². The molecular weight excluding hydrogens is 146 g/mol. The number of carbonyl (C=O) groups is 2. The smallest absolute Gasteiger partial charge is 0.334 e. The van der Waals surface area contributed by atoms with Crippen molar-refractivity contribution >= 4 is 11.9 Å². The van der Waals surface area contributed by atoms with E-state index in [1.165, 1.54) is 6.92 Å². The third kappa shape index (κ3) is 4.36. The Labute approximate surface area is 65.9 Å². The Kier molecular flexibility index (Phi) is 4.26. The van der Waals surface area contributed by atoms with Crippen LogP contribution in [0.1, 0.15) is 27.2 Å². The molecule has 1 unspecified atom stereocenters. The van der Waals surface area contributed by atoms with E-state index in [-0.39, 0.29) is 11.8 Å². The lowest BCUT2D eigenvalue weighted by molar-refractivity contribution is -0.161. The van der Waals surface area contributed by atoms with Gasteiger partial charge in [0.05, 0.1) is 5.92 Å². The summed E-state index contributed by atoms with van der Waals surface area (Å²) < 4.78 is 0. The van der Waals surface area contributed by atoms with Gasteiger partial charge in [0.2, 0.25) is 5.91 Å². The maximum atomic E-state index is 10.8. The number of hydroxylamine groups is 1. The van der Waals surface area contributed by atoms with Gasteiger partial charge in [0.25, 0.3) is 0 Å². The summed E-state index contributed by atoms with van der Waals surface area (Å²) in [4.78, 5) is 25.5. The van der Waals surface area contributed by atoms with Crippen molar-refractivity contribution < 1.29 is 14.4 Å². The second-order valence-corrected chi connectivity index (χ2v) is 2.39. The number of carbonyl (C=O) groups excluding carboxylic acids is 2. The zero-order valence-corrected chi connectivity index (χ0v) is 7.01. The second-order valence-electron chi connectivity index (χ2n) is 2.39. The largest absolute Gasteiger partial charge is 0.341 e. The second kappa shape index (κ2) is 4.71. The summed E-state index contributed by atoms with van der Waals surface area (Å²) in [5.41, 5.74) is 1.97. The molecule has 0 saturated heterocycles. The van der Waals surface area contributed by atoms with Crippen LogP contribution < -0.4 is 5.48 Å². The number of rotatable bonds is 2. The molecule has 0 aliphatic heterocycles. The number of amides is 1. The maximum Gasteiger partial charge on any atom is 0.334 e. The molecule has 0 aliphatic rings. The van der Waals surface area contributed by atoms with Crippen LogP contribution >= 0.6 is 0 Å². The first-order chi connectivity index (χ1) is 5.07. The zero-order chi connectivity index (χ0) is 8.85. The van der Waals surface area contributed by atoms with Crippen LogP contribution in [-0.2, 0) is 14.4 Å². The van der Waals surface area contributed by atoms with Gasteiger partial charge in [-0.3, -0.25) is 4.79 Å². The highest BCUT2D eigenvalue weighted by Gasteiger charge is 2.12. The Morgan fingerprint density at radius 1 is 1.55 bits per heavy atom. The van der Waals surface area contributed by atoms with Gasteiger partial charge in [-0.05, 0) is 6.42 Å². The van der Waals surface area contributed by atoms with Crippen LogP contribution in [0, 0.1) is 5.92 Å². The van der Waals surface area contributed by atoms with Crippen LogP contribution in [0.25, 0.3) is 0 Å². The minimum absolute atomic E-state index is 0.165. The van der Waals surface area contributed by atoms with Gasteiger partial charge in [-0.1, -0.05) is 13.8 Å². The van der Waals surface area contributed by atoms with E-state index in [0.29, 0.717) is 6.42 Å². The molecule has 0 radical (unpaired) electrons. The molecular formula is C7H13NO3. The van der Waals surface area contributed by atoms with Gasteiger partial charge in [-0.25, -0.2) is 4.79 Å². The van der Waals surface area contributed by atoms with Gasteiger partial charge in [-0.2, -0.15) is 5.48 Å². The summed E-state index contributed by atoms with van der Waals surface area (Å²) >= 11 is 0. The van der Waals surface area contributed by atoms with E-state index in [1.54, 1.807) is 6.92 Å². The van der Waals surface area contributed by atoms with Crippen molar-refractivity contribution in [3.05, 3.63) is 0 Å². The molecule has 1 N–H and O–H groups in total. The average molecular weight is 159 g/mol. The minimum Gasteiger partial charge on any atom is -0.341 e. The van der Waals surface area contributed by atoms with Crippen LogP contribution in [0.3, 0.4) is 0 Å². The van der Waals surface area contributed by atoms with Crippen molar-refractivity contribution in [2.75, 3.05) is 0 Å². The molecule has 0 aromatic heterocycles. The molecule has 0 spiro atoms. The molecule has 0 fully saturated rings. The van der Waals surface area contributed by atoms with Gasteiger partial charge in [-0.15, -0.1) is 0 Å². The minimum atomic E-state index is -0.400. The van der Waals surface area contributed by atoms with E-state index >= 15 is 0 Å². The average Bonchev–Trinajstić information content (AvgIpc) is 1.98. The summed E-state index contributed by atoms with van der Waals surface area (Å²) in [5, 5.41) is 0. The molecule has 1 amide bonds. The molecule has 1 atom stereocenters. The van der Waals surface area contributed by atoms with Crippen molar-refractivity contribution in [3.8, 4) is 0 Å². The van der Waals surface area contributed by atoms with Crippen molar-refractivity contribution in [3.63, 3.8) is 0 Å². The molecule has 0 aliphatic carbocycles. The van der Waals surface area contributed by atoms with Crippen molar-refractivity contribution in [1.29, 1.82) is 0 Å². The molecule has 64 valence electrons. The first-order valence-electron chi connectivity index (χ1n) is 3.55. The predicted octanol–water partition coefficient (Wildman–Crippen LogP) is 0.627. The molecule has 0 saturated carbocycles. The van der Waals surface area contributed by atoms with Gasteiger partial charge in [0.15, 0.2) is 0 Å². The Morgan fingerprint density at radius 2 is 2.09 bits per heavy atom. The fourth-order valence-electron chi connectivity index (χ4n) is 0.389. The molecule has 4 nitrogen and oxygen atoms in total. The number of hydrogen-bond acceptors (Lipinski definition) is 3. The summed E-state index contributed by atoms with van der Waals surface area (Å²) in [6, 6.07) is 0. The Hall–Kier alpha value is -1.06. The standard InChI is InChI=1S/C7H13NO3/c1-4-5(2)7(10)11-8-6(3)9/h5H,4H2,1-3H3,(H,8,9). The fourth-order valence-corrected chi connectivity index (χ4v) is 0.389. The first kappa shape index (κ1) is 9.94. The molecule has 0 aromatic carbocycles. The highest BCUT2D eigenvalue weighted by molar-refractivity contribution is 5.76. The quantitative estimate of drug-likeness (QED) is 0.601. The van der Waals surface area contributed by atoms with Gasteiger partial charge in [0.1, 0.15) is 0 Å². The fraction of sp³-hybridized carbons (Fsp3) is 0.714. The predicted molar refractivity (Wildman–Crippen MR) is 39.4 cm³/mol. The first-order valence-corrected chi connectivity index (χ1v) is 3.55. The van der Waals surface area contributed by atoms with E-state index in [1.807, 2.05) is 12.4 Å². The van der Waals surface area contributed by atoms with Crippen LogP contribution in [0.2, 0.25) is 0 Å². The Balaban J connectivity index is 3.60. The zero-order valence-electron chi connectivity index (χ0n) is 7.01. The monoisotopic (exact) mass is 159 g/mol. The maximum absolute atomic E-state index is 10.8. The van der Waals surface area contributed by atoms with E-state index in [4.69, 9.17) is 0 Å². The summed E-state index contributed by atoms with van der Waals surface area (Å²) in [5.74, 6) is -0.939. The van der Waals surface area contributed by atoms with E-state index in [2.05, 4.69) is 4.84 Å².